The van der Waals surface area contributed by atoms with E-state index in [0.717, 1.165) is 15.9 Å². The van der Waals surface area contributed by atoms with Crippen LogP contribution < -0.4 is 15.1 Å². The van der Waals surface area contributed by atoms with E-state index in [2.05, 4.69) is 49.8 Å². The van der Waals surface area contributed by atoms with Gasteiger partial charge < -0.3 is 9.53 Å². The lowest BCUT2D eigenvalue weighted by Gasteiger charge is -2.48. The molecule has 0 spiro atoms. The van der Waals surface area contributed by atoms with Crippen LogP contribution in [0.1, 0.15) is 44.4 Å². The highest BCUT2D eigenvalue weighted by atomic mass is 32.2. The Morgan fingerprint density at radius 1 is 0.652 bits per heavy atom. The second-order valence-electron chi connectivity index (χ2n) is 12.9. The molecule has 5 aromatic carbocycles. The largest absolute Gasteiger partial charge is 0.403 e. The number of hydrogen-bond donors (Lipinski definition) is 2. The van der Waals surface area contributed by atoms with E-state index in [-0.39, 0.29) is 9.93 Å². The van der Waals surface area contributed by atoms with Crippen molar-refractivity contribution in [1.82, 2.24) is 4.72 Å². The Bertz CT molecular complexity index is 1730. The van der Waals surface area contributed by atoms with Crippen molar-refractivity contribution in [2.75, 3.05) is 0 Å². The van der Waals surface area contributed by atoms with Gasteiger partial charge in [0.2, 0.25) is 10.0 Å². The second kappa shape index (κ2) is 13.5. The molecule has 0 saturated carbocycles. The van der Waals surface area contributed by atoms with Gasteiger partial charge >= 0.3 is 0 Å². The summed E-state index contributed by atoms with van der Waals surface area (Å²) >= 11 is 0. The molecule has 0 aliphatic heterocycles. The Labute approximate surface area is 275 Å². The molecule has 7 heteroatoms. The molecule has 0 aliphatic carbocycles. The van der Waals surface area contributed by atoms with Gasteiger partial charge in [-0.25, -0.2) is 13.1 Å². The lowest BCUT2D eigenvalue weighted by Crippen LogP contribution is -2.70. The number of benzene rings is 5. The summed E-state index contributed by atoms with van der Waals surface area (Å²) < 4.78 is 38.8. The zero-order valence-corrected chi connectivity index (χ0v) is 28.9. The first-order valence-corrected chi connectivity index (χ1v) is 19.0. The molecule has 2 unspecified atom stereocenters. The van der Waals surface area contributed by atoms with Gasteiger partial charge in [0.05, 0.1) is 17.0 Å². The SMILES string of the molecule is Cc1ccc(S(=O)(=O)NC(C(C)O[Si](c2ccccc2)(c2ccccc2)C(C)(C)C)C(O)(c2ccccc2)c2ccccc2)cc1. The van der Waals surface area contributed by atoms with E-state index >= 15 is 0 Å². The van der Waals surface area contributed by atoms with Gasteiger partial charge in [0.25, 0.3) is 8.32 Å². The van der Waals surface area contributed by atoms with Crippen LogP contribution in [0.3, 0.4) is 0 Å². The first kappa shape index (κ1) is 33.5. The molecular formula is C39H43NO4SSi. The third kappa shape index (κ3) is 6.52. The minimum absolute atomic E-state index is 0.115. The van der Waals surface area contributed by atoms with Crippen molar-refractivity contribution in [3.05, 3.63) is 162 Å². The van der Waals surface area contributed by atoms with Gasteiger partial charge in [0.1, 0.15) is 5.60 Å². The zero-order chi connectivity index (χ0) is 33.0. The lowest BCUT2D eigenvalue weighted by molar-refractivity contribution is -0.00161. The van der Waals surface area contributed by atoms with E-state index in [0.29, 0.717) is 11.1 Å². The van der Waals surface area contributed by atoms with Crippen molar-refractivity contribution < 1.29 is 18.0 Å². The van der Waals surface area contributed by atoms with Crippen LogP contribution in [0.15, 0.2) is 150 Å². The number of aliphatic hydroxyl groups is 1. The summed E-state index contributed by atoms with van der Waals surface area (Å²) in [6.45, 7) is 10.3. The molecule has 5 aromatic rings. The van der Waals surface area contributed by atoms with E-state index in [9.17, 15) is 13.5 Å². The summed E-state index contributed by atoms with van der Waals surface area (Å²) in [5.41, 5.74) is 0.251. The number of sulfonamides is 1. The third-order valence-electron chi connectivity index (χ3n) is 8.74. The molecular weight excluding hydrogens is 607 g/mol. The summed E-state index contributed by atoms with van der Waals surface area (Å²) in [4.78, 5) is 0.115. The van der Waals surface area contributed by atoms with Crippen molar-refractivity contribution in [1.29, 1.82) is 0 Å². The maximum absolute atomic E-state index is 14.2. The fraction of sp³-hybridized carbons (Fsp3) is 0.231. The minimum Gasteiger partial charge on any atom is -0.403 e. The summed E-state index contributed by atoms with van der Waals surface area (Å²) in [7, 11) is -7.28. The molecule has 0 radical (unpaired) electrons. The molecule has 2 atom stereocenters. The fourth-order valence-electron chi connectivity index (χ4n) is 6.42. The first-order chi connectivity index (χ1) is 21.9. The van der Waals surface area contributed by atoms with Crippen LogP contribution in [0.5, 0.6) is 0 Å². The summed E-state index contributed by atoms with van der Waals surface area (Å²) in [5, 5.41) is 14.8. The minimum atomic E-state index is -4.12. The average molecular weight is 650 g/mol. The molecule has 5 nitrogen and oxygen atoms in total. The number of nitrogens with one attached hydrogen (secondary N) is 1. The van der Waals surface area contributed by atoms with Crippen LogP contribution in [0, 0.1) is 6.92 Å². The highest BCUT2D eigenvalue weighted by molar-refractivity contribution is 7.89. The molecule has 0 amide bonds. The van der Waals surface area contributed by atoms with Crippen LogP contribution in [0.25, 0.3) is 0 Å². The third-order valence-corrected chi connectivity index (χ3v) is 15.3. The molecule has 5 rings (SSSR count). The van der Waals surface area contributed by atoms with Crippen molar-refractivity contribution >= 4 is 28.7 Å². The van der Waals surface area contributed by atoms with E-state index in [1.165, 1.54) is 0 Å². The quantitative estimate of drug-likeness (QED) is 0.159. The maximum Gasteiger partial charge on any atom is 0.261 e. The Balaban J connectivity index is 1.75. The van der Waals surface area contributed by atoms with Crippen LogP contribution >= 0.6 is 0 Å². The van der Waals surface area contributed by atoms with Gasteiger partial charge in [-0.2, -0.15) is 0 Å². The maximum atomic E-state index is 14.2. The summed E-state index contributed by atoms with van der Waals surface area (Å²) in [6, 6.07) is 44.5. The molecule has 238 valence electrons. The van der Waals surface area contributed by atoms with Crippen molar-refractivity contribution in [2.45, 2.75) is 62.3 Å². The lowest BCUT2D eigenvalue weighted by atomic mass is 9.78. The van der Waals surface area contributed by atoms with Crippen molar-refractivity contribution in [3.63, 3.8) is 0 Å². The molecule has 46 heavy (non-hydrogen) atoms. The van der Waals surface area contributed by atoms with Crippen LogP contribution in [0.4, 0.5) is 0 Å². The van der Waals surface area contributed by atoms with Gasteiger partial charge in [0, 0.05) is 0 Å². The normalized spacial score (nSPS) is 14.0. The molecule has 0 saturated heterocycles. The average Bonchev–Trinajstić information content (AvgIpc) is 3.07. The van der Waals surface area contributed by atoms with Crippen molar-refractivity contribution in [2.24, 2.45) is 0 Å². The van der Waals surface area contributed by atoms with Crippen LogP contribution in [0.2, 0.25) is 5.04 Å². The molecule has 0 aromatic heterocycles. The highest BCUT2D eigenvalue weighted by Crippen LogP contribution is 2.41. The summed E-state index contributed by atoms with van der Waals surface area (Å²) in [5.74, 6) is 0. The predicted octanol–water partition coefficient (Wildman–Crippen LogP) is 6.54. The predicted molar refractivity (Wildman–Crippen MR) is 189 cm³/mol. The van der Waals surface area contributed by atoms with E-state index in [1.807, 2.05) is 111 Å². The molecule has 0 bridgehead atoms. The van der Waals surface area contributed by atoms with Crippen LogP contribution in [-0.4, -0.2) is 34.0 Å². The Kier molecular flexibility index (Phi) is 9.82. The molecule has 0 heterocycles. The smallest absolute Gasteiger partial charge is 0.261 e. The van der Waals surface area contributed by atoms with Gasteiger partial charge in [-0.15, -0.1) is 0 Å². The van der Waals surface area contributed by atoms with Gasteiger partial charge in [-0.05, 0) is 52.5 Å². The van der Waals surface area contributed by atoms with E-state index in [4.69, 9.17) is 4.43 Å². The topological polar surface area (TPSA) is 75.6 Å². The first-order valence-electron chi connectivity index (χ1n) is 15.6. The van der Waals surface area contributed by atoms with Crippen LogP contribution in [-0.2, 0) is 20.1 Å². The molecule has 0 aliphatic rings. The standard InChI is InChI=1S/C39H43NO4SSi/c1-30-26-28-34(29-27-30)45(42,43)40-37(39(41,32-18-10-6-11-19-32)33-20-12-7-13-21-33)31(2)44-46(38(3,4)5,35-22-14-8-15-23-35)36-24-16-9-17-25-36/h6-29,31,37,40-41H,1-5H3. The summed E-state index contributed by atoms with van der Waals surface area (Å²) in [6.07, 6.45) is -0.808. The number of aryl methyl sites for hydroxylation is 1. The zero-order valence-electron chi connectivity index (χ0n) is 27.1. The Morgan fingerprint density at radius 3 is 1.43 bits per heavy atom. The monoisotopic (exact) mass is 649 g/mol. The van der Waals surface area contributed by atoms with Crippen molar-refractivity contribution in [3.8, 4) is 0 Å². The Hall–Kier alpha value is -3.85. The second-order valence-corrected chi connectivity index (χ2v) is 18.9. The van der Waals surface area contributed by atoms with E-state index < -0.39 is 36.1 Å². The molecule has 0 fully saturated rings. The van der Waals surface area contributed by atoms with Gasteiger partial charge in [-0.3, -0.25) is 0 Å². The number of hydrogen-bond acceptors (Lipinski definition) is 4. The number of rotatable bonds is 11. The van der Waals surface area contributed by atoms with Gasteiger partial charge in [0.15, 0.2) is 0 Å². The fourth-order valence-corrected chi connectivity index (χ4v) is 12.5. The van der Waals surface area contributed by atoms with Gasteiger partial charge in [-0.1, -0.05) is 160 Å². The van der Waals surface area contributed by atoms with E-state index in [1.54, 1.807) is 24.3 Å². The highest BCUT2D eigenvalue weighted by Gasteiger charge is 2.54. The molecule has 2 N–H and O–H groups in total. The Morgan fingerprint density at radius 2 is 1.04 bits per heavy atom.